The van der Waals surface area contributed by atoms with Gasteiger partial charge in [-0.05, 0) is 46.3 Å². The molecule has 0 aliphatic carbocycles. The number of nitrogens with one attached hydrogen (secondary N) is 1. The minimum absolute atomic E-state index is 0.185. The van der Waals surface area contributed by atoms with E-state index in [4.69, 9.17) is 0 Å². The Morgan fingerprint density at radius 3 is 2.50 bits per heavy atom. The second-order valence-electron chi connectivity index (χ2n) is 6.17. The van der Waals surface area contributed by atoms with Crippen LogP contribution < -0.4 is 5.32 Å². The number of amides is 1. The van der Waals surface area contributed by atoms with Crippen molar-refractivity contribution < 1.29 is 4.79 Å². The van der Waals surface area contributed by atoms with E-state index in [1.54, 1.807) is 0 Å². The number of carbonyl (C=O) groups is 1. The van der Waals surface area contributed by atoms with Crippen molar-refractivity contribution in [2.24, 2.45) is 5.92 Å². The lowest BCUT2D eigenvalue weighted by molar-refractivity contribution is -0.133. The molecule has 1 N–H and O–H groups in total. The third-order valence-corrected chi connectivity index (χ3v) is 3.88. The van der Waals surface area contributed by atoms with Crippen LogP contribution in [0.25, 0.3) is 0 Å². The second-order valence-corrected chi connectivity index (χ2v) is 6.17. The van der Waals surface area contributed by atoms with Crippen LogP contribution in [0, 0.1) is 5.92 Å². The maximum absolute atomic E-state index is 12.5. The van der Waals surface area contributed by atoms with Crippen LogP contribution in [0.3, 0.4) is 0 Å². The third-order valence-electron chi connectivity index (χ3n) is 3.88. The Labute approximate surface area is 112 Å². The summed E-state index contributed by atoms with van der Waals surface area (Å²) < 4.78 is 0. The van der Waals surface area contributed by atoms with Gasteiger partial charge < -0.3 is 9.80 Å². The van der Waals surface area contributed by atoms with Crippen LogP contribution >= 0.6 is 0 Å². The van der Waals surface area contributed by atoms with Crippen LogP contribution in [0.2, 0.25) is 0 Å². The zero-order valence-corrected chi connectivity index (χ0v) is 12.8. The van der Waals surface area contributed by atoms with Gasteiger partial charge in [-0.3, -0.25) is 10.1 Å². The minimum atomic E-state index is -0.368. The molecule has 2 unspecified atom stereocenters. The molecule has 1 aliphatic rings. The lowest BCUT2D eigenvalue weighted by Crippen LogP contribution is -2.45. The predicted octanol–water partition coefficient (Wildman–Crippen LogP) is 1.52. The molecule has 1 aliphatic heterocycles. The topological polar surface area (TPSA) is 35.6 Å². The molecule has 4 heteroatoms. The predicted molar refractivity (Wildman–Crippen MR) is 75.3 cm³/mol. The number of nitrogens with zero attached hydrogens (tertiary/aromatic N) is 2. The van der Waals surface area contributed by atoms with Crippen LogP contribution in [-0.2, 0) is 4.79 Å². The normalized spacial score (nSPS) is 28.8. The highest BCUT2D eigenvalue weighted by Gasteiger charge is 2.47. The van der Waals surface area contributed by atoms with E-state index >= 15 is 0 Å². The van der Waals surface area contributed by atoms with Gasteiger partial charge >= 0.3 is 0 Å². The Bertz CT molecular complexity index is 291. The van der Waals surface area contributed by atoms with Gasteiger partial charge in [0.15, 0.2) is 0 Å². The Balaban J connectivity index is 2.69. The summed E-state index contributed by atoms with van der Waals surface area (Å²) in [6.45, 7) is 10.3. The summed E-state index contributed by atoms with van der Waals surface area (Å²) in [4.78, 5) is 16.7. The molecule has 1 fully saturated rings. The molecule has 0 spiro atoms. The summed E-state index contributed by atoms with van der Waals surface area (Å²) in [7, 11) is 4.14. The summed E-state index contributed by atoms with van der Waals surface area (Å²) in [5, 5.41) is 3.52. The summed E-state index contributed by atoms with van der Waals surface area (Å²) in [6.07, 6.45) is 2.06. The van der Waals surface area contributed by atoms with Crippen molar-refractivity contribution in [2.75, 3.05) is 27.2 Å². The van der Waals surface area contributed by atoms with E-state index in [9.17, 15) is 4.79 Å². The molecule has 1 saturated heterocycles. The molecule has 0 aromatic heterocycles. The van der Waals surface area contributed by atoms with E-state index < -0.39 is 0 Å². The zero-order chi connectivity index (χ0) is 13.9. The molecule has 0 bridgehead atoms. The van der Waals surface area contributed by atoms with Crippen molar-refractivity contribution in [3.05, 3.63) is 0 Å². The molecule has 4 nitrogen and oxygen atoms in total. The Hall–Kier alpha value is -0.610. The van der Waals surface area contributed by atoms with Crippen LogP contribution in [0.5, 0.6) is 0 Å². The van der Waals surface area contributed by atoms with Crippen molar-refractivity contribution in [2.45, 2.75) is 52.2 Å². The van der Waals surface area contributed by atoms with Crippen LogP contribution in [0.4, 0.5) is 0 Å². The van der Waals surface area contributed by atoms with Crippen LogP contribution in [-0.4, -0.2) is 54.6 Å². The molecule has 0 aromatic rings. The van der Waals surface area contributed by atoms with Crippen LogP contribution in [0.15, 0.2) is 0 Å². The SMILES string of the molecule is CCC1(C)NC(C(C)C)N(CCCN(C)C)C1=O. The molecule has 1 heterocycles. The van der Waals surface area contributed by atoms with E-state index in [0.717, 1.165) is 25.9 Å². The summed E-state index contributed by atoms with van der Waals surface area (Å²) in [5.74, 6) is 0.712. The molecule has 18 heavy (non-hydrogen) atoms. The van der Waals surface area contributed by atoms with E-state index in [-0.39, 0.29) is 17.6 Å². The van der Waals surface area contributed by atoms with Gasteiger partial charge in [-0.25, -0.2) is 0 Å². The lowest BCUT2D eigenvalue weighted by Gasteiger charge is -2.27. The van der Waals surface area contributed by atoms with Crippen LogP contribution in [0.1, 0.15) is 40.5 Å². The van der Waals surface area contributed by atoms with Gasteiger partial charge in [0.2, 0.25) is 5.91 Å². The van der Waals surface area contributed by atoms with Gasteiger partial charge in [0, 0.05) is 6.54 Å². The average molecular weight is 255 g/mol. The Morgan fingerprint density at radius 2 is 2.06 bits per heavy atom. The van der Waals surface area contributed by atoms with Crippen molar-refractivity contribution in [3.63, 3.8) is 0 Å². The molecule has 0 radical (unpaired) electrons. The zero-order valence-electron chi connectivity index (χ0n) is 12.8. The van der Waals surface area contributed by atoms with Gasteiger partial charge in [-0.15, -0.1) is 0 Å². The number of rotatable bonds is 6. The molecule has 1 rings (SSSR count). The molecular weight excluding hydrogens is 226 g/mol. The van der Waals surface area contributed by atoms with Crippen molar-refractivity contribution in [1.29, 1.82) is 0 Å². The highest BCUT2D eigenvalue weighted by atomic mass is 16.2. The first-order valence-corrected chi connectivity index (χ1v) is 7.05. The number of carbonyl (C=O) groups excluding carboxylic acids is 1. The Kier molecular flexibility index (Phi) is 5.17. The standard InChI is InChI=1S/C14H29N3O/c1-7-14(4)13(18)17(10-8-9-16(5)6)12(15-14)11(2)3/h11-12,15H,7-10H2,1-6H3. The van der Waals surface area contributed by atoms with Gasteiger partial charge in [-0.1, -0.05) is 20.8 Å². The highest BCUT2D eigenvalue weighted by molar-refractivity contribution is 5.88. The van der Waals surface area contributed by atoms with Gasteiger partial charge in [-0.2, -0.15) is 0 Å². The van der Waals surface area contributed by atoms with E-state index in [2.05, 4.69) is 45.1 Å². The summed E-state index contributed by atoms with van der Waals surface area (Å²) in [6, 6.07) is 0. The molecule has 0 saturated carbocycles. The maximum atomic E-state index is 12.5. The highest BCUT2D eigenvalue weighted by Crippen LogP contribution is 2.27. The smallest absolute Gasteiger partial charge is 0.243 e. The number of hydrogen-bond donors (Lipinski definition) is 1. The third kappa shape index (κ3) is 3.23. The fraction of sp³-hybridized carbons (Fsp3) is 0.929. The molecule has 2 atom stereocenters. The van der Waals surface area contributed by atoms with E-state index in [0.29, 0.717) is 5.92 Å². The van der Waals surface area contributed by atoms with Crippen molar-refractivity contribution in [3.8, 4) is 0 Å². The molecule has 0 aromatic carbocycles. The average Bonchev–Trinajstić information content (AvgIpc) is 2.54. The second kappa shape index (κ2) is 6.02. The number of hydrogen-bond acceptors (Lipinski definition) is 3. The van der Waals surface area contributed by atoms with Crippen molar-refractivity contribution in [1.82, 2.24) is 15.1 Å². The first-order chi connectivity index (χ1) is 8.31. The van der Waals surface area contributed by atoms with E-state index in [1.807, 2.05) is 11.8 Å². The van der Waals surface area contributed by atoms with Crippen molar-refractivity contribution >= 4 is 5.91 Å². The first-order valence-electron chi connectivity index (χ1n) is 7.05. The monoisotopic (exact) mass is 255 g/mol. The summed E-state index contributed by atoms with van der Waals surface area (Å²) >= 11 is 0. The lowest BCUT2D eigenvalue weighted by atomic mass is 9.99. The fourth-order valence-corrected chi connectivity index (χ4v) is 2.49. The quantitative estimate of drug-likeness (QED) is 0.781. The fourth-order valence-electron chi connectivity index (χ4n) is 2.49. The minimum Gasteiger partial charge on any atom is -0.325 e. The van der Waals surface area contributed by atoms with Gasteiger partial charge in [0.1, 0.15) is 0 Å². The maximum Gasteiger partial charge on any atom is 0.243 e. The molecule has 1 amide bonds. The van der Waals surface area contributed by atoms with Gasteiger partial charge in [0.05, 0.1) is 11.7 Å². The molecule has 106 valence electrons. The Morgan fingerprint density at radius 1 is 1.44 bits per heavy atom. The first kappa shape index (κ1) is 15.4. The van der Waals surface area contributed by atoms with E-state index in [1.165, 1.54) is 0 Å². The largest absolute Gasteiger partial charge is 0.325 e. The summed E-state index contributed by atoms with van der Waals surface area (Å²) in [5.41, 5.74) is -0.368. The molecular formula is C14H29N3O. The van der Waals surface area contributed by atoms with Gasteiger partial charge in [0.25, 0.3) is 0 Å².